The lowest BCUT2D eigenvalue weighted by molar-refractivity contribution is -0.605. The van der Waals surface area contributed by atoms with Crippen LogP contribution in [-0.4, -0.2) is 65.0 Å². The van der Waals surface area contributed by atoms with E-state index >= 15 is 0 Å². The first kappa shape index (κ1) is 36.4. The summed E-state index contributed by atoms with van der Waals surface area (Å²) in [7, 11) is -6.91. The monoisotopic (exact) mass is 767 g/mol. The van der Waals surface area contributed by atoms with Crippen molar-refractivity contribution < 1.29 is 49.4 Å². The minimum Gasteiger partial charge on any atom is -0.619 e. The fourth-order valence-corrected chi connectivity index (χ4v) is 9.17. The van der Waals surface area contributed by atoms with Crippen LogP contribution in [0.3, 0.4) is 0 Å². The summed E-state index contributed by atoms with van der Waals surface area (Å²) in [4.78, 5) is 13.4. The first-order valence-electron chi connectivity index (χ1n) is 14.4. The van der Waals surface area contributed by atoms with E-state index in [4.69, 9.17) is 32.7 Å². The normalized spacial score (nSPS) is 17.8. The maximum atomic E-state index is 13.8. The van der Waals surface area contributed by atoms with E-state index in [9.17, 15) is 35.6 Å². The molecule has 1 aliphatic carbocycles. The van der Waals surface area contributed by atoms with Gasteiger partial charge in [-0.3, -0.25) is 0 Å². The van der Waals surface area contributed by atoms with Gasteiger partial charge in [-0.15, -0.1) is 11.8 Å². The Kier molecular flexibility index (Phi) is 11.3. The van der Waals surface area contributed by atoms with E-state index in [-0.39, 0.29) is 73.7 Å². The van der Waals surface area contributed by atoms with Gasteiger partial charge >= 0.3 is 12.6 Å². The number of sulfonamides is 2. The van der Waals surface area contributed by atoms with Crippen LogP contribution in [0.2, 0.25) is 10.0 Å². The van der Waals surface area contributed by atoms with Crippen molar-refractivity contribution in [2.75, 3.05) is 26.0 Å². The van der Waals surface area contributed by atoms with Crippen molar-refractivity contribution in [2.45, 2.75) is 47.1 Å². The van der Waals surface area contributed by atoms with Crippen molar-refractivity contribution in [1.29, 1.82) is 0 Å². The molecule has 260 valence electrons. The summed E-state index contributed by atoms with van der Waals surface area (Å²) in [6.45, 7) is -2.93. The number of hydrogen-bond donors (Lipinski definition) is 1. The molecule has 2 atom stereocenters. The third-order valence-corrected chi connectivity index (χ3v) is 12.8. The molecule has 0 bridgehead atoms. The highest BCUT2D eigenvalue weighted by Crippen LogP contribution is 2.39. The number of esters is 1. The molecule has 19 heteroatoms. The number of carbonyl (C=O) groups excluding carboxylic acids is 1. The molecule has 0 spiro atoms. The topological polar surface area (TPSA) is 155 Å². The minimum absolute atomic E-state index is 0.0217. The molecule has 5 rings (SSSR count). The molecule has 2 heterocycles. The van der Waals surface area contributed by atoms with Crippen LogP contribution in [0.25, 0.3) is 0 Å². The zero-order chi connectivity index (χ0) is 34.8. The number of aromatic nitrogens is 1. The molecular weight excluding hydrogens is 739 g/mol. The molecule has 0 unspecified atom stereocenters. The van der Waals surface area contributed by atoms with Gasteiger partial charge in [-0.2, -0.15) is 17.8 Å². The van der Waals surface area contributed by atoms with Crippen molar-refractivity contribution in [3.05, 3.63) is 81.2 Å². The van der Waals surface area contributed by atoms with Gasteiger partial charge in [-0.1, -0.05) is 29.3 Å². The number of pyridine rings is 1. The maximum Gasteiger partial charge on any atom is 0.387 e. The SMILES string of the molecule is CNS(=O)(=O)c1ccc(S(=O)(=O)N2CCS[C@H]2C(=O)O[C@@H](Cc2c(Cl)c[n+]([O-])cc2Cl)c2ccc(OC(F)F)c(OCC3CC3)c2)cc1. The average molecular weight is 769 g/mol. The van der Waals surface area contributed by atoms with Crippen LogP contribution >= 0.6 is 35.0 Å². The number of hydrogen-bond acceptors (Lipinski definition) is 10. The predicted molar refractivity (Wildman–Crippen MR) is 172 cm³/mol. The Labute approximate surface area is 289 Å². The first-order valence-corrected chi connectivity index (χ1v) is 19.1. The summed E-state index contributed by atoms with van der Waals surface area (Å²) >= 11 is 13.7. The number of carbonyl (C=O) groups is 1. The van der Waals surface area contributed by atoms with Gasteiger partial charge < -0.3 is 19.4 Å². The smallest absolute Gasteiger partial charge is 0.387 e. The number of ether oxygens (including phenoxy) is 3. The highest BCUT2D eigenvalue weighted by atomic mass is 35.5. The molecule has 1 saturated heterocycles. The third kappa shape index (κ3) is 8.43. The number of benzene rings is 2. The van der Waals surface area contributed by atoms with E-state index in [0.29, 0.717) is 4.73 Å². The van der Waals surface area contributed by atoms with Crippen LogP contribution in [-0.2, 0) is 36.0 Å². The highest BCUT2D eigenvalue weighted by molar-refractivity contribution is 8.02. The largest absolute Gasteiger partial charge is 0.619 e. The zero-order valence-corrected chi connectivity index (χ0v) is 29.0. The molecule has 12 nitrogen and oxygen atoms in total. The molecule has 0 radical (unpaired) electrons. The predicted octanol–water partition coefficient (Wildman–Crippen LogP) is 4.52. The van der Waals surface area contributed by atoms with Crippen LogP contribution in [0.4, 0.5) is 8.78 Å². The second-order valence-electron chi connectivity index (χ2n) is 10.8. The summed E-state index contributed by atoms with van der Waals surface area (Å²) in [6.07, 6.45) is 2.56. The quantitative estimate of drug-likeness (QED) is 0.141. The standard InChI is InChI=1S/C29H29Cl2F2N3O9S3/c1-34-47(39,40)19-5-7-20(8-6-19)48(41,42)36-10-11-46-27(36)28(37)44-25(13-21-22(30)14-35(38)15-23(21)31)18-4-9-24(45-29(32)33)26(12-18)43-16-17-2-3-17/h4-9,12,14-15,17,25,27,29,34H,2-3,10-11,13,16H2,1H3/t25-,27-/m0/s1. The van der Waals surface area contributed by atoms with Gasteiger partial charge in [0.1, 0.15) is 16.1 Å². The summed E-state index contributed by atoms with van der Waals surface area (Å²) < 4.78 is 97.7. The summed E-state index contributed by atoms with van der Waals surface area (Å²) in [6, 6.07) is 8.53. The third-order valence-electron chi connectivity index (χ3n) is 7.49. The van der Waals surface area contributed by atoms with Crippen LogP contribution in [0.1, 0.15) is 30.1 Å². The van der Waals surface area contributed by atoms with E-state index in [1.807, 2.05) is 0 Å². The number of thioether (sulfide) groups is 1. The van der Waals surface area contributed by atoms with Crippen LogP contribution in [0, 0.1) is 11.1 Å². The lowest BCUT2D eigenvalue weighted by Gasteiger charge is -2.26. The lowest BCUT2D eigenvalue weighted by Crippen LogP contribution is -2.40. The minimum atomic E-state index is -4.30. The fraction of sp³-hybridized carbons (Fsp3) is 0.379. The lowest BCUT2D eigenvalue weighted by atomic mass is 10.0. The molecule has 3 aromatic rings. The maximum absolute atomic E-state index is 13.8. The Morgan fingerprint density at radius 2 is 1.71 bits per heavy atom. The fourth-order valence-electron chi connectivity index (χ4n) is 4.79. The zero-order valence-electron chi connectivity index (χ0n) is 25.1. The van der Waals surface area contributed by atoms with E-state index in [1.165, 1.54) is 25.2 Å². The van der Waals surface area contributed by atoms with Gasteiger partial charge in [-0.25, -0.2) is 26.4 Å². The number of halogens is 4. The van der Waals surface area contributed by atoms with Gasteiger partial charge in [0.2, 0.25) is 20.0 Å². The van der Waals surface area contributed by atoms with E-state index < -0.39 is 44.1 Å². The Hall–Kier alpha value is -2.93. The second kappa shape index (κ2) is 14.9. The van der Waals surface area contributed by atoms with Crippen molar-refractivity contribution in [2.24, 2.45) is 5.92 Å². The number of alkyl halides is 2. The Bertz CT molecular complexity index is 1860. The van der Waals surface area contributed by atoms with Gasteiger partial charge in [0.15, 0.2) is 29.3 Å². The number of nitrogens with zero attached hydrogens (tertiary/aromatic N) is 2. The molecule has 2 aliphatic rings. The van der Waals surface area contributed by atoms with Crippen molar-refractivity contribution in [3.8, 4) is 11.5 Å². The Morgan fingerprint density at radius 3 is 2.31 bits per heavy atom. The summed E-state index contributed by atoms with van der Waals surface area (Å²) in [5, 5.41) is 10.5. The first-order chi connectivity index (χ1) is 22.7. The van der Waals surface area contributed by atoms with Gasteiger partial charge in [0.05, 0.1) is 16.4 Å². The molecule has 1 N–H and O–H groups in total. The molecule has 48 heavy (non-hydrogen) atoms. The second-order valence-corrected chi connectivity index (χ2v) is 16.6. The van der Waals surface area contributed by atoms with Crippen molar-refractivity contribution in [1.82, 2.24) is 9.03 Å². The molecule has 2 fully saturated rings. The van der Waals surface area contributed by atoms with Crippen LogP contribution < -0.4 is 18.9 Å². The van der Waals surface area contributed by atoms with E-state index in [1.54, 1.807) is 0 Å². The van der Waals surface area contributed by atoms with Crippen LogP contribution in [0.15, 0.2) is 64.6 Å². The number of nitrogens with one attached hydrogen (secondary N) is 1. The van der Waals surface area contributed by atoms with Gasteiger partial charge in [-0.05, 0) is 67.8 Å². The molecule has 1 aromatic heterocycles. The van der Waals surface area contributed by atoms with Crippen molar-refractivity contribution >= 4 is 61.0 Å². The molecule has 2 aromatic carbocycles. The van der Waals surface area contributed by atoms with Gasteiger partial charge in [0, 0.05) is 24.3 Å². The number of rotatable bonds is 14. The van der Waals surface area contributed by atoms with Gasteiger partial charge in [0.25, 0.3) is 0 Å². The highest BCUT2D eigenvalue weighted by Gasteiger charge is 2.42. The summed E-state index contributed by atoms with van der Waals surface area (Å²) in [5.41, 5.74) is 0.497. The Morgan fingerprint density at radius 1 is 1.06 bits per heavy atom. The van der Waals surface area contributed by atoms with Crippen molar-refractivity contribution in [3.63, 3.8) is 0 Å². The van der Waals surface area contributed by atoms with Crippen LogP contribution in [0.5, 0.6) is 11.5 Å². The Balaban J connectivity index is 1.46. The molecule has 1 aliphatic heterocycles. The molecular formula is C29H29Cl2F2N3O9S3. The molecule has 0 amide bonds. The molecule has 1 saturated carbocycles. The average Bonchev–Trinajstić information content (AvgIpc) is 3.73. The van der Waals surface area contributed by atoms with E-state index in [2.05, 4.69) is 9.46 Å². The van der Waals surface area contributed by atoms with E-state index in [0.717, 1.165) is 65.6 Å². The summed E-state index contributed by atoms with van der Waals surface area (Å²) in [5.74, 6) is -0.699.